The number of aromatic nitrogens is 1. The second kappa shape index (κ2) is 7.34. The lowest BCUT2D eigenvalue weighted by Gasteiger charge is -2.03. The van der Waals surface area contributed by atoms with E-state index in [0.717, 1.165) is 10.2 Å². The van der Waals surface area contributed by atoms with Gasteiger partial charge < -0.3 is 10.6 Å². The highest BCUT2D eigenvalue weighted by molar-refractivity contribution is 7.22. The van der Waals surface area contributed by atoms with Gasteiger partial charge in [-0.1, -0.05) is 29.5 Å². The first-order valence-corrected chi connectivity index (χ1v) is 8.89. The van der Waals surface area contributed by atoms with E-state index in [1.807, 2.05) is 35.7 Å². The Morgan fingerprint density at radius 2 is 2.00 bits per heavy atom. The predicted octanol–water partition coefficient (Wildman–Crippen LogP) is 3.51. The van der Waals surface area contributed by atoms with E-state index in [-0.39, 0.29) is 11.8 Å². The first-order valence-electron chi connectivity index (χ1n) is 7.19. The van der Waals surface area contributed by atoms with Gasteiger partial charge in [0.1, 0.15) is 0 Å². The highest BCUT2D eigenvalue weighted by Crippen LogP contribution is 2.25. The minimum Gasteiger partial charge on any atom is -0.351 e. The van der Waals surface area contributed by atoms with Crippen molar-refractivity contribution < 1.29 is 9.59 Å². The lowest BCUT2D eigenvalue weighted by Crippen LogP contribution is -2.24. The number of para-hydroxylation sites is 1. The molecule has 0 saturated heterocycles. The monoisotopic (exact) mass is 345 g/mol. The van der Waals surface area contributed by atoms with E-state index in [1.54, 1.807) is 6.07 Å². The number of rotatable bonds is 6. The molecule has 0 saturated carbocycles. The fourth-order valence-corrected chi connectivity index (χ4v) is 3.58. The van der Waals surface area contributed by atoms with Crippen LogP contribution < -0.4 is 10.6 Å². The molecule has 0 unspecified atom stereocenters. The number of benzene rings is 1. The molecule has 2 N–H and O–H groups in total. The number of thiazole rings is 1. The number of nitrogens with one attached hydrogen (secondary N) is 2. The standard InChI is InChI=1S/C16H15N3O2S2/c20-14(8-3-9-17-15(21)13-7-4-10-22-13)19-16-18-11-5-1-2-6-12(11)23-16/h1-2,4-7,10H,3,8-9H2,(H,17,21)(H,18,19,20). The number of nitrogens with zero attached hydrogens (tertiary/aromatic N) is 1. The maximum absolute atomic E-state index is 11.9. The van der Waals surface area contributed by atoms with Crippen LogP contribution in [0.5, 0.6) is 0 Å². The SMILES string of the molecule is O=C(CCCNC(=O)c1cccs1)Nc1nc2ccccc2s1. The topological polar surface area (TPSA) is 71.1 Å². The summed E-state index contributed by atoms with van der Waals surface area (Å²) in [6.07, 6.45) is 0.939. The van der Waals surface area contributed by atoms with E-state index in [9.17, 15) is 9.59 Å². The van der Waals surface area contributed by atoms with Crippen LogP contribution >= 0.6 is 22.7 Å². The number of fused-ring (bicyclic) bond motifs is 1. The summed E-state index contributed by atoms with van der Waals surface area (Å²) in [6, 6.07) is 11.4. The third-order valence-electron chi connectivity index (χ3n) is 3.15. The minimum atomic E-state index is -0.0911. The molecule has 3 aromatic rings. The van der Waals surface area contributed by atoms with Crippen LogP contribution in [0.25, 0.3) is 10.2 Å². The molecule has 5 nitrogen and oxygen atoms in total. The van der Waals surface area contributed by atoms with Crippen LogP contribution in [0.3, 0.4) is 0 Å². The molecule has 2 amide bonds. The van der Waals surface area contributed by atoms with Gasteiger partial charge in [0.25, 0.3) is 5.91 Å². The first-order chi connectivity index (χ1) is 11.2. The summed E-state index contributed by atoms with van der Waals surface area (Å²) in [5, 5.41) is 8.08. The molecule has 0 bridgehead atoms. The third-order valence-corrected chi connectivity index (χ3v) is 4.97. The van der Waals surface area contributed by atoms with Gasteiger partial charge in [0, 0.05) is 13.0 Å². The lowest BCUT2D eigenvalue weighted by molar-refractivity contribution is -0.116. The predicted molar refractivity (Wildman–Crippen MR) is 94.1 cm³/mol. The van der Waals surface area contributed by atoms with Crippen LogP contribution in [-0.2, 0) is 4.79 Å². The molecule has 2 heterocycles. The van der Waals surface area contributed by atoms with Gasteiger partial charge >= 0.3 is 0 Å². The van der Waals surface area contributed by atoms with Crippen molar-refractivity contribution in [1.82, 2.24) is 10.3 Å². The van der Waals surface area contributed by atoms with Crippen molar-refractivity contribution in [2.45, 2.75) is 12.8 Å². The number of hydrogen-bond donors (Lipinski definition) is 2. The van der Waals surface area contributed by atoms with Crippen LogP contribution in [0.15, 0.2) is 41.8 Å². The van der Waals surface area contributed by atoms with Gasteiger partial charge in [0.05, 0.1) is 15.1 Å². The summed E-state index contributed by atoms with van der Waals surface area (Å²) in [5.74, 6) is -0.180. The molecule has 0 fully saturated rings. The lowest BCUT2D eigenvalue weighted by atomic mass is 10.3. The average molecular weight is 345 g/mol. The summed E-state index contributed by atoms with van der Waals surface area (Å²) in [7, 11) is 0. The second-order valence-corrected chi connectivity index (χ2v) is 6.85. The zero-order chi connectivity index (χ0) is 16.1. The molecule has 118 valence electrons. The normalized spacial score (nSPS) is 10.6. The molecule has 0 radical (unpaired) electrons. The molecule has 0 aliphatic heterocycles. The highest BCUT2D eigenvalue weighted by Gasteiger charge is 2.08. The fraction of sp³-hybridized carbons (Fsp3) is 0.188. The molecule has 0 atom stereocenters. The Balaban J connectivity index is 1.42. The van der Waals surface area contributed by atoms with Crippen molar-refractivity contribution >= 4 is 49.8 Å². The molecule has 0 spiro atoms. The number of amides is 2. The Morgan fingerprint density at radius 3 is 2.78 bits per heavy atom. The zero-order valence-electron chi connectivity index (χ0n) is 12.2. The first kappa shape index (κ1) is 15.6. The van der Waals surface area contributed by atoms with Gasteiger partial charge in [0.15, 0.2) is 5.13 Å². The number of carbonyl (C=O) groups excluding carboxylic acids is 2. The van der Waals surface area contributed by atoms with Crippen molar-refractivity contribution in [3.63, 3.8) is 0 Å². The Morgan fingerprint density at radius 1 is 1.13 bits per heavy atom. The quantitative estimate of drug-likeness (QED) is 0.672. The second-order valence-electron chi connectivity index (χ2n) is 4.87. The van der Waals surface area contributed by atoms with E-state index >= 15 is 0 Å². The minimum absolute atomic E-state index is 0.0885. The number of hydrogen-bond acceptors (Lipinski definition) is 5. The maximum atomic E-state index is 11.9. The molecular formula is C16H15N3O2S2. The van der Waals surface area contributed by atoms with Gasteiger partial charge in [-0.3, -0.25) is 9.59 Å². The van der Waals surface area contributed by atoms with E-state index in [4.69, 9.17) is 0 Å². The maximum Gasteiger partial charge on any atom is 0.261 e. The van der Waals surface area contributed by atoms with Gasteiger partial charge in [-0.25, -0.2) is 4.98 Å². The van der Waals surface area contributed by atoms with E-state index in [2.05, 4.69) is 15.6 Å². The molecule has 0 aliphatic rings. The summed E-state index contributed by atoms with van der Waals surface area (Å²) < 4.78 is 1.05. The highest BCUT2D eigenvalue weighted by atomic mass is 32.1. The van der Waals surface area contributed by atoms with Gasteiger partial charge in [-0.2, -0.15) is 0 Å². The molecular weight excluding hydrogens is 330 g/mol. The zero-order valence-corrected chi connectivity index (χ0v) is 13.9. The van der Waals surface area contributed by atoms with Crippen molar-refractivity contribution in [3.8, 4) is 0 Å². The molecule has 2 aromatic heterocycles. The van der Waals surface area contributed by atoms with E-state index in [0.29, 0.717) is 29.4 Å². The van der Waals surface area contributed by atoms with Crippen LogP contribution in [0.2, 0.25) is 0 Å². The Kier molecular flexibility index (Phi) is 4.99. The smallest absolute Gasteiger partial charge is 0.261 e. The van der Waals surface area contributed by atoms with Gasteiger partial charge in [-0.05, 0) is 30.0 Å². The van der Waals surface area contributed by atoms with Gasteiger partial charge in [-0.15, -0.1) is 11.3 Å². The van der Waals surface area contributed by atoms with Crippen molar-refractivity contribution in [2.75, 3.05) is 11.9 Å². The van der Waals surface area contributed by atoms with Crippen LogP contribution in [0.4, 0.5) is 5.13 Å². The third kappa shape index (κ3) is 4.14. The van der Waals surface area contributed by atoms with Crippen molar-refractivity contribution in [2.24, 2.45) is 0 Å². The summed E-state index contributed by atoms with van der Waals surface area (Å²) >= 11 is 2.86. The Hall–Kier alpha value is -2.25. The van der Waals surface area contributed by atoms with Crippen molar-refractivity contribution in [1.29, 1.82) is 0 Å². The summed E-state index contributed by atoms with van der Waals surface area (Å²) in [5.41, 5.74) is 0.885. The average Bonchev–Trinajstić information content (AvgIpc) is 3.20. The Bertz CT molecular complexity index is 779. The molecule has 0 aliphatic carbocycles. The van der Waals surface area contributed by atoms with Crippen LogP contribution in [0, 0.1) is 0 Å². The summed E-state index contributed by atoms with van der Waals surface area (Å²) in [4.78, 5) is 28.7. The van der Waals surface area contributed by atoms with E-state index < -0.39 is 0 Å². The summed E-state index contributed by atoms with van der Waals surface area (Å²) in [6.45, 7) is 0.476. The number of anilines is 1. The number of carbonyl (C=O) groups is 2. The van der Waals surface area contributed by atoms with Crippen LogP contribution in [-0.4, -0.2) is 23.3 Å². The molecule has 23 heavy (non-hydrogen) atoms. The molecule has 3 rings (SSSR count). The Labute approximate surface area is 141 Å². The molecule has 1 aromatic carbocycles. The van der Waals surface area contributed by atoms with E-state index in [1.165, 1.54) is 22.7 Å². The van der Waals surface area contributed by atoms with Gasteiger partial charge in [0.2, 0.25) is 5.91 Å². The fourth-order valence-electron chi connectivity index (χ4n) is 2.05. The molecule has 7 heteroatoms. The van der Waals surface area contributed by atoms with Crippen molar-refractivity contribution in [3.05, 3.63) is 46.7 Å². The number of thiophene rings is 1. The largest absolute Gasteiger partial charge is 0.351 e. The van der Waals surface area contributed by atoms with Crippen LogP contribution in [0.1, 0.15) is 22.5 Å².